The van der Waals surface area contributed by atoms with E-state index in [-0.39, 0.29) is 23.5 Å². The summed E-state index contributed by atoms with van der Waals surface area (Å²) < 4.78 is 32.6. The highest BCUT2D eigenvalue weighted by molar-refractivity contribution is 7.89. The molecule has 21 heavy (non-hydrogen) atoms. The highest BCUT2D eigenvalue weighted by atomic mass is 32.2. The largest absolute Gasteiger partial charge is 0.392 e. The van der Waals surface area contributed by atoms with Crippen molar-refractivity contribution in [3.63, 3.8) is 0 Å². The lowest BCUT2D eigenvalue weighted by Gasteiger charge is -2.21. The second-order valence-corrected chi connectivity index (χ2v) is 7.08. The molecule has 1 aromatic rings. The monoisotopic (exact) mass is 315 g/mol. The van der Waals surface area contributed by atoms with E-state index in [9.17, 15) is 13.5 Å². The standard InChI is InChI=1S/C15H25NO4S/c1-5-12-6-7-14(8-13(12)9-17)21(18,19)16-15(10-20-4)11(2)3/h6-8,11,15-17H,5,9-10H2,1-4H3. The number of aliphatic hydroxyl groups excluding tert-OH is 1. The number of hydrogen-bond acceptors (Lipinski definition) is 4. The van der Waals surface area contributed by atoms with Crippen molar-refractivity contribution in [2.45, 2.75) is 44.7 Å². The van der Waals surface area contributed by atoms with Gasteiger partial charge in [0.05, 0.1) is 18.1 Å². The maximum Gasteiger partial charge on any atom is 0.240 e. The lowest BCUT2D eigenvalue weighted by Crippen LogP contribution is -2.41. The van der Waals surface area contributed by atoms with Crippen molar-refractivity contribution >= 4 is 10.0 Å². The summed E-state index contributed by atoms with van der Waals surface area (Å²) in [5, 5.41) is 9.36. The minimum absolute atomic E-state index is 0.118. The molecule has 6 heteroatoms. The first-order valence-electron chi connectivity index (χ1n) is 7.09. The van der Waals surface area contributed by atoms with Gasteiger partial charge in [0.2, 0.25) is 10.0 Å². The van der Waals surface area contributed by atoms with E-state index in [0.717, 1.165) is 12.0 Å². The predicted octanol–water partition coefficient (Wildman–Crippen LogP) is 1.69. The summed E-state index contributed by atoms with van der Waals surface area (Å²) in [7, 11) is -2.08. The smallest absolute Gasteiger partial charge is 0.240 e. The number of methoxy groups -OCH3 is 1. The maximum atomic E-state index is 12.4. The number of rotatable bonds is 8. The normalized spacial score (nSPS) is 13.6. The maximum absolute atomic E-state index is 12.4. The van der Waals surface area contributed by atoms with E-state index in [4.69, 9.17) is 4.74 Å². The summed E-state index contributed by atoms with van der Waals surface area (Å²) in [5.74, 6) is 0.118. The van der Waals surface area contributed by atoms with Gasteiger partial charge in [0.15, 0.2) is 0 Å². The fraction of sp³-hybridized carbons (Fsp3) is 0.600. The molecule has 5 nitrogen and oxygen atoms in total. The third kappa shape index (κ3) is 4.78. The molecule has 1 unspecified atom stereocenters. The third-order valence-electron chi connectivity index (χ3n) is 3.50. The topological polar surface area (TPSA) is 75.6 Å². The first-order chi connectivity index (χ1) is 9.85. The van der Waals surface area contributed by atoms with Gasteiger partial charge in [-0.05, 0) is 35.6 Å². The van der Waals surface area contributed by atoms with Gasteiger partial charge in [-0.15, -0.1) is 0 Å². The molecule has 0 aliphatic heterocycles. The number of benzene rings is 1. The fourth-order valence-electron chi connectivity index (χ4n) is 2.07. The van der Waals surface area contributed by atoms with Crippen LogP contribution in [-0.4, -0.2) is 33.3 Å². The predicted molar refractivity (Wildman–Crippen MR) is 82.6 cm³/mol. The average molecular weight is 315 g/mol. The van der Waals surface area contributed by atoms with Crippen molar-refractivity contribution in [1.82, 2.24) is 4.72 Å². The van der Waals surface area contributed by atoms with E-state index in [1.54, 1.807) is 19.2 Å². The Labute approximate surface area is 127 Å². The molecule has 120 valence electrons. The Balaban J connectivity index is 3.07. The zero-order valence-corrected chi connectivity index (χ0v) is 13.9. The molecular formula is C15H25NO4S. The summed E-state index contributed by atoms with van der Waals surface area (Å²) in [4.78, 5) is 0.172. The van der Waals surface area contributed by atoms with E-state index in [1.165, 1.54) is 6.07 Å². The number of aliphatic hydroxyl groups is 1. The summed E-state index contributed by atoms with van der Waals surface area (Å²) >= 11 is 0. The van der Waals surface area contributed by atoms with Gasteiger partial charge in [-0.1, -0.05) is 26.8 Å². The summed E-state index contributed by atoms with van der Waals surface area (Å²) in [6.45, 7) is 5.99. The van der Waals surface area contributed by atoms with E-state index >= 15 is 0 Å². The Morgan fingerprint density at radius 3 is 2.43 bits per heavy atom. The highest BCUT2D eigenvalue weighted by Gasteiger charge is 2.23. The van der Waals surface area contributed by atoms with Crippen LogP contribution >= 0.6 is 0 Å². The second kappa shape index (κ2) is 7.89. The average Bonchev–Trinajstić information content (AvgIpc) is 2.45. The van der Waals surface area contributed by atoms with Crippen LogP contribution in [0.5, 0.6) is 0 Å². The summed E-state index contributed by atoms with van der Waals surface area (Å²) in [5.41, 5.74) is 1.60. The summed E-state index contributed by atoms with van der Waals surface area (Å²) in [6.07, 6.45) is 0.752. The molecule has 0 aliphatic carbocycles. The number of ether oxygens (including phenoxy) is 1. The number of aryl methyl sites for hydroxylation is 1. The van der Waals surface area contributed by atoms with Crippen LogP contribution in [0, 0.1) is 5.92 Å². The molecule has 0 heterocycles. The van der Waals surface area contributed by atoms with Crippen LogP contribution in [-0.2, 0) is 27.8 Å². The Hall–Kier alpha value is -0.950. The Bertz CT molecular complexity index is 555. The molecule has 1 atom stereocenters. The van der Waals surface area contributed by atoms with Gasteiger partial charge < -0.3 is 9.84 Å². The molecule has 0 aromatic heterocycles. The van der Waals surface area contributed by atoms with Crippen LogP contribution in [0.3, 0.4) is 0 Å². The molecule has 1 rings (SSSR count). The Morgan fingerprint density at radius 1 is 1.29 bits per heavy atom. The second-order valence-electron chi connectivity index (χ2n) is 5.37. The number of sulfonamides is 1. The van der Waals surface area contributed by atoms with Gasteiger partial charge in [-0.2, -0.15) is 0 Å². The van der Waals surface area contributed by atoms with E-state index < -0.39 is 10.0 Å². The van der Waals surface area contributed by atoms with Crippen LogP contribution < -0.4 is 4.72 Å². The van der Waals surface area contributed by atoms with E-state index in [2.05, 4.69) is 4.72 Å². The molecule has 0 spiro atoms. The van der Waals surface area contributed by atoms with Crippen molar-refractivity contribution < 1.29 is 18.3 Å². The van der Waals surface area contributed by atoms with Gasteiger partial charge in [-0.25, -0.2) is 13.1 Å². The van der Waals surface area contributed by atoms with Gasteiger partial charge in [0, 0.05) is 13.2 Å². The van der Waals surface area contributed by atoms with E-state index in [1.807, 2.05) is 20.8 Å². The Kier molecular flexibility index (Phi) is 6.80. The van der Waals surface area contributed by atoms with Crippen LogP contribution in [0.2, 0.25) is 0 Å². The van der Waals surface area contributed by atoms with Crippen molar-refractivity contribution in [2.75, 3.05) is 13.7 Å². The molecule has 0 amide bonds. The van der Waals surface area contributed by atoms with Crippen LogP contribution in [0.25, 0.3) is 0 Å². The zero-order chi connectivity index (χ0) is 16.0. The third-order valence-corrected chi connectivity index (χ3v) is 4.98. The van der Waals surface area contributed by atoms with Crippen LogP contribution in [0.4, 0.5) is 0 Å². The molecule has 0 aliphatic rings. The number of nitrogens with one attached hydrogen (secondary N) is 1. The molecule has 1 aromatic carbocycles. The van der Waals surface area contributed by atoms with Gasteiger partial charge in [0.1, 0.15) is 0 Å². The SMILES string of the molecule is CCc1ccc(S(=O)(=O)NC(COC)C(C)C)cc1CO. The minimum Gasteiger partial charge on any atom is -0.392 e. The molecule has 0 saturated carbocycles. The van der Waals surface area contributed by atoms with Gasteiger partial charge >= 0.3 is 0 Å². The lowest BCUT2D eigenvalue weighted by molar-refractivity contribution is 0.157. The molecule has 0 radical (unpaired) electrons. The van der Waals surface area contributed by atoms with Gasteiger partial charge in [-0.3, -0.25) is 0 Å². The van der Waals surface area contributed by atoms with Crippen molar-refractivity contribution in [2.24, 2.45) is 5.92 Å². The van der Waals surface area contributed by atoms with Crippen LogP contribution in [0.1, 0.15) is 31.9 Å². The molecule has 2 N–H and O–H groups in total. The highest BCUT2D eigenvalue weighted by Crippen LogP contribution is 2.18. The first-order valence-corrected chi connectivity index (χ1v) is 8.58. The Morgan fingerprint density at radius 2 is 1.95 bits per heavy atom. The minimum atomic E-state index is -3.63. The van der Waals surface area contributed by atoms with E-state index in [0.29, 0.717) is 12.2 Å². The van der Waals surface area contributed by atoms with Crippen LogP contribution in [0.15, 0.2) is 23.1 Å². The fourth-order valence-corrected chi connectivity index (χ4v) is 3.49. The quantitative estimate of drug-likeness (QED) is 0.765. The van der Waals surface area contributed by atoms with Crippen molar-refractivity contribution in [1.29, 1.82) is 0 Å². The lowest BCUT2D eigenvalue weighted by atomic mass is 10.1. The molecule has 0 bridgehead atoms. The molecule has 0 fully saturated rings. The first kappa shape index (κ1) is 18.1. The van der Waals surface area contributed by atoms with Gasteiger partial charge in [0.25, 0.3) is 0 Å². The molecular weight excluding hydrogens is 290 g/mol. The van der Waals surface area contributed by atoms with Crippen molar-refractivity contribution in [3.8, 4) is 0 Å². The number of hydrogen-bond donors (Lipinski definition) is 2. The zero-order valence-electron chi connectivity index (χ0n) is 13.1. The summed E-state index contributed by atoms with van der Waals surface area (Å²) in [6, 6.07) is 4.57. The van der Waals surface area contributed by atoms with Crippen molar-refractivity contribution in [3.05, 3.63) is 29.3 Å². The molecule has 0 saturated heterocycles.